The van der Waals surface area contributed by atoms with Crippen molar-refractivity contribution >= 4 is 22.7 Å². The molecular weight excluding hydrogens is 245 g/mol. The number of fused-ring (bicyclic) bond motifs is 1. The minimum Gasteiger partial charge on any atom is -0.358 e. The lowest BCUT2D eigenvalue weighted by Crippen LogP contribution is -1.79. The SMILES string of the molecule is Fc1ccc2cc(CSc3ccccc3)[nH]c2c1. The van der Waals surface area contributed by atoms with E-state index >= 15 is 0 Å². The lowest BCUT2D eigenvalue weighted by Gasteiger charge is -1.98. The van der Waals surface area contributed by atoms with E-state index < -0.39 is 0 Å². The number of hydrogen-bond acceptors (Lipinski definition) is 1. The third-order valence-corrected chi connectivity index (χ3v) is 3.84. The summed E-state index contributed by atoms with van der Waals surface area (Å²) in [5, 5.41) is 1.06. The topological polar surface area (TPSA) is 15.8 Å². The summed E-state index contributed by atoms with van der Waals surface area (Å²) >= 11 is 1.77. The van der Waals surface area contributed by atoms with Crippen LogP contribution in [-0.2, 0) is 5.75 Å². The Bertz CT molecular complexity index is 661. The number of benzene rings is 2. The molecule has 1 nitrogen and oxygen atoms in total. The molecule has 0 unspecified atom stereocenters. The molecular formula is C15H12FNS. The molecule has 0 radical (unpaired) electrons. The highest BCUT2D eigenvalue weighted by Gasteiger charge is 2.02. The van der Waals surface area contributed by atoms with Crippen molar-refractivity contribution in [3.8, 4) is 0 Å². The van der Waals surface area contributed by atoms with E-state index in [2.05, 4.69) is 23.2 Å². The fourth-order valence-electron chi connectivity index (χ4n) is 1.91. The van der Waals surface area contributed by atoms with Crippen LogP contribution in [0.15, 0.2) is 59.5 Å². The average Bonchev–Trinajstić information content (AvgIpc) is 2.79. The first-order chi connectivity index (χ1) is 8.81. The van der Waals surface area contributed by atoms with Gasteiger partial charge in [0.2, 0.25) is 0 Å². The Morgan fingerprint density at radius 3 is 2.67 bits per heavy atom. The molecule has 0 fully saturated rings. The minimum absolute atomic E-state index is 0.202. The van der Waals surface area contributed by atoms with Gasteiger partial charge in [-0.2, -0.15) is 0 Å². The Balaban J connectivity index is 1.79. The van der Waals surface area contributed by atoms with Gasteiger partial charge >= 0.3 is 0 Å². The van der Waals surface area contributed by atoms with Gasteiger partial charge in [0.15, 0.2) is 0 Å². The van der Waals surface area contributed by atoms with E-state index in [9.17, 15) is 4.39 Å². The van der Waals surface area contributed by atoms with E-state index in [1.165, 1.54) is 17.0 Å². The molecule has 3 rings (SSSR count). The number of H-pyrrole nitrogens is 1. The van der Waals surface area contributed by atoms with Crippen molar-refractivity contribution in [1.82, 2.24) is 4.98 Å². The van der Waals surface area contributed by atoms with E-state index in [4.69, 9.17) is 0 Å². The molecule has 18 heavy (non-hydrogen) atoms. The second-order valence-corrected chi connectivity index (χ2v) is 5.18. The molecule has 3 aromatic rings. The largest absolute Gasteiger partial charge is 0.358 e. The molecule has 0 atom stereocenters. The molecule has 3 heteroatoms. The summed E-state index contributed by atoms with van der Waals surface area (Å²) in [6.07, 6.45) is 0. The summed E-state index contributed by atoms with van der Waals surface area (Å²) in [7, 11) is 0. The quantitative estimate of drug-likeness (QED) is 0.678. The average molecular weight is 257 g/mol. The van der Waals surface area contributed by atoms with E-state index in [-0.39, 0.29) is 5.82 Å². The van der Waals surface area contributed by atoms with Crippen LogP contribution < -0.4 is 0 Å². The molecule has 0 saturated carbocycles. The van der Waals surface area contributed by atoms with Gasteiger partial charge in [-0.05, 0) is 41.8 Å². The third-order valence-electron chi connectivity index (χ3n) is 2.78. The van der Waals surface area contributed by atoms with Gasteiger partial charge in [0.05, 0.1) is 0 Å². The number of hydrogen-bond donors (Lipinski definition) is 1. The van der Waals surface area contributed by atoms with Gasteiger partial charge < -0.3 is 4.98 Å². The number of nitrogens with one attached hydrogen (secondary N) is 1. The predicted molar refractivity (Wildman–Crippen MR) is 74.3 cm³/mol. The van der Waals surface area contributed by atoms with Crippen LogP contribution >= 0.6 is 11.8 Å². The molecule has 0 aliphatic carbocycles. The van der Waals surface area contributed by atoms with Crippen molar-refractivity contribution in [2.75, 3.05) is 0 Å². The molecule has 1 aromatic heterocycles. The first-order valence-corrected chi connectivity index (χ1v) is 6.75. The maximum absolute atomic E-state index is 13.1. The van der Waals surface area contributed by atoms with Crippen molar-refractivity contribution in [3.63, 3.8) is 0 Å². The Kier molecular flexibility index (Phi) is 3.07. The van der Waals surface area contributed by atoms with Crippen molar-refractivity contribution in [2.24, 2.45) is 0 Å². The molecule has 0 amide bonds. The zero-order valence-electron chi connectivity index (χ0n) is 9.69. The van der Waals surface area contributed by atoms with Crippen LogP contribution in [0.2, 0.25) is 0 Å². The highest BCUT2D eigenvalue weighted by atomic mass is 32.2. The van der Waals surface area contributed by atoms with Gasteiger partial charge in [0, 0.05) is 21.9 Å². The first kappa shape index (κ1) is 11.4. The monoisotopic (exact) mass is 257 g/mol. The second kappa shape index (κ2) is 4.86. The lowest BCUT2D eigenvalue weighted by molar-refractivity contribution is 0.629. The van der Waals surface area contributed by atoms with Gasteiger partial charge in [0.1, 0.15) is 5.82 Å². The molecule has 0 saturated heterocycles. The van der Waals surface area contributed by atoms with Crippen molar-refractivity contribution in [1.29, 1.82) is 0 Å². The fourth-order valence-corrected chi connectivity index (χ4v) is 2.74. The Morgan fingerprint density at radius 1 is 1.00 bits per heavy atom. The minimum atomic E-state index is -0.202. The predicted octanol–water partition coefficient (Wildman–Crippen LogP) is 4.60. The summed E-state index contributed by atoms with van der Waals surface area (Å²) in [6, 6.07) is 17.2. The first-order valence-electron chi connectivity index (χ1n) is 5.76. The van der Waals surface area contributed by atoms with E-state index in [0.717, 1.165) is 22.3 Å². The molecule has 0 spiro atoms. The van der Waals surface area contributed by atoms with E-state index in [1.54, 1.807) is 17.8 Å². The molecule has 90 valence electrons. The third kappa shape index (κ3) is 2.41. The lowest BCUT2D eigenvalue weighted by atomic mass is 10.2. The Hall–Kier alpha value is -1.74. The van der Waals surface area contributed by atoms with Crippen LogP contribution in [0.25, 0.3) is 10.9 Å². The highest BCUT2D eigenvalue weighted by Crippen LogP contribution is 2.24. The number of rotatable bonds is 3. The smallest absolute Gasteiger partial charge is 0.125 e. The van der Waals surface area contributed by atoms with Crippen molar-refractivity contribution in [2.45, 2.75) is 10.6 Å². The standard InChI is InChI=1S/C15H12FNS/c16-12-7-6-11-8-13(17-15(11)9-12)10-18-14-4-2-1-3-5-14/h1-9,17H,10H2. The van der Waals surface area contributed by atoms with Crippen molar-refractivity contribution < 1.29 is 4.39 Å². The highest BCUT2D eigenvalue weighted by molar-refractivity contribution is 7.98. The van der Waals surface area contributed by atoms with E-state index in [0.29, 0.717) is 0 Å². The van der Waals surface area contributed by atoms with E-state index in [1.807, 2.05) is 18.2 Å². The van der Waals surface area contributed by atoms with Gasteiger partial charge in [-0.1, -0.05) is 18.2 Å². The zero-order chi connectivity index (χ0) is 12.4. The van der Waals surface area contributed by atoms with Crippen LogP contribution in [0.1, 0.15) is 5.69 Å². The second-order valence-electron chi connectivity index (χ2n) is 4.13. The zero-order valence-corrected chi connectivity index (χ0v) is 10.5. The number of aromatic amines is 1. The summed E-state index contributed by atoms with van der Waals surface area (Å²) in [6.45, 7) is 0. The van der Waals surface area contributed by atoms with Crippen LogP contribution in [0.3, 0.4) is 0 Å². The maximum atomic E-state index is 13.1. The van der Waals surface area contributed by atoms with Crippen LogP contribution in [0.5, 0.6) is 0 Å². The summed E-state index contributed by atoms with van der Waals surface area (Å²) < 4.78 is 13.1. The summed E-state index contributed by atoms with van der Waals surface area (Å²) in [5.41, 5.74) is 1.98. The van der Waals surface area contributed by atoms with Gasteiger partial charge in [-0.25, -0.2) is 4.39 Å². The molecule has 1 heterocycles. The van der Waals surface area contributed by atoms with Gasteiger partial charge in [-0.15, -0.1) is 11.8 Å². The Labute approximate surface area is 109 Å². The fraction of sp³-hybridized carbons (Fsp3) is 0.0667. The van der Waals surface area contributed by atoms with Crippen LogP contribution in [-0.4, -0.2) is 4.98 Å². The van der Waals surface area contributed by atoms with Crippen LogP contribution in [0.4, 0.5) is 4.39 Å². The molecule has 1 N–H and O–H groups in total. The summed E-state index contributed by atoms with van der Waals surface area (Å²) in [4.78, 5) is 4.48. The van der Waals surface area contributed by atoms with Gasteiger partial charge in [0.25, 0.3) is 0 Å². The Morgan fingerprint density at radius 2 is 1.83 bits per heavy atom. The summed E-state index contributed by atoms with van der Waals surface area (Å²) in [5.74, 6) is 0.659. The number of aromatic nitrogens is 1. The number of halogens is 1. The van der Waals surface area contributed by atoms with Crippen molar-refractivity contribution in [3.05, 3.63) is 66.1 Å². The number of thioether (sulfide) groups is 1. The van der Waals surface area contributed by atoms with Crippen LogP contribution in [0, 0.1) is 5.82 Å². The normalized spacial score (nSPS) is 10.9. The molecule has 0 aliphatic heterocycles. The molecule has 0 bridgehead atoms. The van der Waals surface area contributed by atoms with Gasteiger partial charge in [-0.3, -0.25) is 0 Å². The maximum Gasteiger partial charge on any atom is 0.125 e. The molecule has 2 aromatic carbocycles. The molecule has 0 aliphatic rings.